The van der Waals surface area contributed by atoms with Crippen molar-refractivity contribution in [3.63, 3.8) is 0 Å². The first-order chi connectivity index (χ1) is 9.99. The fraction of sp³-hybridized carbons (Fsp3) is 0.400. The van der Waals surface area contributed by atoms with Gasteiger partial charge in [0.2, 0.25) is 17.5 Å². The maximum absolute atomic E-state index is 14.5. The topological polar surface area (TPSA) is 63.7 Å². The molecule has 21 heavy (non-hydrogen) atoms. The minimum atomic E-state index is -2.36. The number of likely N-dealkylation sites (tertiary alicyclic amines) is 1. The normalized spacial score (nSPS) is 30.9. The number of amides is 2. The lowest BCUT2D eigenvalue weighted by Crippen LogP contribution is -2.57. The van der Waals surface area contributed by atoms with Crippen LogP contribution in [-0.2, 0) is 25.7 Å². The lowest BCUT2D eigenvalue weighted by Gasteiger charge is -2.39. The highest BCUT2D eigenvalue weighted by Gasteiger charge is 2.71. The number of ether oxygens (including phenoxy) is 1. The summed E-state index contributed by atoms with van der Waals surface area (Å²) in [7, 11) is 1.07. The number of hydrogen-bond acceptors (Lipinski definition) is 4. The number of halogens is 1. The molecule has 0 N–H and O–H groups in total. The number of methoxy groups -OCH3 is 1. The van der Waals surface area contributed by atoms with Crippen molar-refractivity contribution in [2.45, 2.75) is 18.6 Å². The number of nitrogens with zero attached hydrogens (tertiary/aromatic N) is 1. The van der Waals surface area contributed by atoms with E-state index in [0.717, 1.165) is 17.6 Å². The third-order valence-corrected chi connectivity index (χ3v) is 4.24. The van der Waals surface area contributed by atoms with Crippen LogP contribution in [0.5, 0.6) is 0 Å². The Hall–Kier alpha value is -2.24. The molecule has 5 nitrogen and oxygen atoms in total. The maximum Gasteiger partial charge on any atom is 0.344 e. The van der Waals surface area contributed by atoms with Gasteiger partial charge in [0.1, 0.15) is 0 Å². The summed E-state index contributed by atoms with van der Waals surface area (Å²) in [5, 5.41) is 0. The molecular weight excluding hydrogens is 277 g/mol. The number of carbonyl (C=O) groups excluding carboxylic acids is 3. The van der Waals surface area contributed by atoms with Gasteiger partial charge in [-0.2, -0.15) is 0 Å². The molecule has 6 heteroatoms. The second-order valence-corrected chi connectivity index (χ2v) is 5.39. The maximum atomic E-state index is 14.5. The molecule has 2 aliphatic rings. The molecule has 2 fully saturated rings. The van der Waals surface area contributed by atoms with Crippen LogP contribution in [0.15, 0.2) is 30.3 Å². The first-order valence-electron chi connectivity index (χ1n) is 6.65. The van der Waals surface area contributed by atoms with Gasteiger partial charge in [-0.05, 0) is 5.56 Å². The highest BCUT2D eigenvalue weighted by atomic mass is 19.1. The molecule has 1 aliphatic carbocycles. The average molecular weight is 291 g/mol. The van der Waals surface area contributed by atoms with E-state index in [9.17, 15) is 18.8 Å². The van der Waals surface area contributed by atoms with E-state index in [2.05, 4.69) is 4.74 Å². The predicted molar refractivity (Wildman–Crippen MR) is 69.5 cm³/mol. The Bertz CT molecular complexity index is 617. The van der Waals surface area contributed by atoms with Crippen molar-refractivity contribution in [2.75, 3.05) is 7.11 Å². The van der Waals surface area contributed by atoms with Crippen molar-refractivity contribution in [3.8, 4) is 0 Å². The average Bonchev–Trinajstić information content (AvgIpc) is 2.67. The summed E-state index contributed by atoms with van der Waals surface area (Å²) in [6.45, 7) is 0.1000. The Morgan fingerprint density at radius 3 is 2.62 bits per heavy atom. The second-order valence-electron chi connectivity index (χ2n) is 5.39. The molecule has 1 aliphatic heterocycles. The molecular formula is C15H14FNO4. The molecule has 0 unspecified atom stereocenters. The van der Waals surface area contributed by atoms with E-state index in [1.165, 1.54) is 0 Å². The highest BCUT2D eigenvalue weighted by Crippen LogP contribution is 2.53. The number of esters is 1. The molecule has 1 saturated heterocycles. The Morgan fingerprint density at radius 1 is 1.33 bits per heavy atom. The van der Waals surface area contributed by atoms with E-state index in [0.29, 0.717) is 0 Å². The zero-order valence-corrected chi connectivity index (χ0v) is 11.4. The van der Waals surface area contributed by atoms with Gasteiger partial charge in [-0.15, -0.1) is 0 Å². The fourth-order valence-corrected chi connectivity index (χ4v) is 3.10. The zero-order valence-electron chi connectivity index (χ0n) is 11.4. The summed E-state index contributed by atoms with van der Waals surface area (Å²) < 4.78 is 18.9. The van der Waals surface area contributed by atoms with Crippen LogP contribution in [-0.4, -0.2) is 35.5 Å². The highest BCUT2D eigenvalue weighted by molar-refractivity contribution is 6.10. The van der Waals surface area contributed by atoms with Gasteiger partial charge in [0, 0.05) is 6.42 Å². The number of rotatable bonds is 3. The van der Waals surface area contributed by atoms with Crippen molar-refractivity contribution >= 4 is 17.8 Å². The molecule has 3 rings (SSSR count). The van der Waals surface area contributed by atoms with Crippen molar-refractivity contribution in [2.24, 2.45) is 11.8 Å². The molecule has 3 atom stereocenters. The monoisotopic (exact) mass is 291 g/mol. The Labute approximate surface area is 120 Å². The Kier molecular flexibility index (Phi) is 3.04. The van der Waals surface area contributed by atoms with Crippen LogP contribution in [0.1, 0.15) is 12.0 Å². The molecule has 2 amide bonds. The smallest absolute Gasteiger partial charge is 0.344 e. The minimum absolute atomic E-state index is 0.1000. The van der Waals surface area contributed by atoms with Gasteiger partial charge < -0.3 is 4.74 Å². The van der Waals surface area contributed by atoms with Crippen LogP contribution >= 0.6 is 0 Å². The Morgan fingerprint density at radius 2 is 2.00 bits per heavy atom. The molecule has 110 valence electrons. The molecule has 1 saturated carbocycles. The van der Waals surface area contributed by atoms with Gasteiger partial charge in [0.05, 0.1) is 25.5 Å². The lowest BCUT2D eigenvalue weighted by atomic mass is 9.63. The molecule has 1 aromatic carbocycles. The molecule has 0 spiro atoms. The van der Waals surface area contributed by atoms with Gasteiger partial charge in [-0.1, -0.05) is 30.3 Å². The second kappa shape index (κ2) is 4.65. The summed E-state index contributed by atoms with van der Waals surface area (Å²) in [5.74, 6) is -4.10. The standard InChI is InChI=1S/C15H14FNO4/c1-21-14(20)15(16)7-10-11(15)13(19)17(12(10)18)8-9-5-3-2-4-6-9/h2-6,10-11H,7-8H2,1H3/t10-,11+,15-/m1/s1. The van der Waals surface area contributed by atoms with Crippen LogP contribution in [0.25, 0.3) is 0 Å². The van der Waals surface area contributed by atoms with Crippen LogP contribution in [0, 0.1) is 11.8 Å². The summed E-state index contributed by atoms with van der Waals surface area (Å²) in [4.78, 5) is 37.0. The van der Waals surface area contributed by atoms with Gasteiger partial charge in [0.15, 0.2) is 0 Å². The third kappa shape index (κ3) is 1.86. The minimum Gasteiger partial charge on any atom is -0.467 e. The van der Waals surface area contributed by atoms with Gasteiger partial charge >= 0.3 is 5.97 Å². The van der Waals surface area contributed by atoms with Crippen molar-refractivity contribution in [3.05, 3.63) is 35.9 Å². The third-order valence-electron chi connectivity index (χ3n) is 4.24. The van der Waals surface area contributed by atoms with Crippen LogP contribution in [0.2, 0.25) is 0 Å². The largest absolute Gasteiger partial charge is 0.467 e. The molecule has 1 heterocycles. The van der Waals surface area contributed by atoms with Gasteiger partial charge in [-0.25, -0.2) is 9.18 Å². The first-order valence-corrected chi connectivity index (χ1v) is 6.65. The number of fused-ring (bicyclic) bond motifs is 1. The number of alkyl halides is 1. The first kappa shape index (κ1) is 13.7. The van der Waals surface area contributed by atoms with E-state index in [1.807, 2.05) is 6.07 Å². The van der Waals surface area contributed by atoms with E-state index < -0.39 is 35.3 Å². The van der Waals surface area contributed by atoms with E-state index in [-0.39, 0.29) is 13.0 Å². The summed E-state index contributed by atoms with van der Waals surface area (Å²) in [6.07, 6.45) is -0.278. The predicted octanol–water partition coefficient (Wildman–Crippen LogP) is 1.07. The summed E-state index contributed by atoms with van der Waals surface area (Å²) in [5.41, 5.74) is -1.58. The SMILES string of the molecule is COC(=O)[C@@]1(F)C[C@H]2C(=O)N(Cc3ccccc3)C(=O)[C@H]21. The number of imide groups is 1. The number of hydrogen-bond donors (Lipinski definition) is 0. The van der Waals surface area contributed by atoms with Crippen molar-refractivity contribution in [1.29, 1.82) is 0 Å². The van der Waals surface area contributed by atoms with E-state index >= 15 is 0 Å². The summed E-state index contributed by atoms with van der Waals surface area (Å²) in [6, 6.07) is 8.98. The number of carbonyl (C=O) groups is 3. The van der Waals surface area contributed by atoms with E-state index in [1.54, 1.807) is 24.3 Å². The zero-order chi connectivity index (χ0) is 15.2. The van der Waals surface area contributed by atoms with Crippen molar-refractivity contribution < 1.29 is 23.5 Å². The summed E-state index contributed by atoms with van der Waals surface area (Å²) >= 11 is 0. The number of benzene rings is 1. The Balaban J connectivity index is 1.83. The van der Waals surface area contributed by atoms with Crippen LogP contribution in [0.3, 0.4) is 0 Å². The van der Waals surface area contributed by atoms with Crippen molar-refractivity contribution in [1.82, 2.24) is 4.90 Å². The van der Waals surface area contributed by atoms with Crippen LogP contribution < -0.4 is 0 Å². The van der Waals surface area contributed by atoms with Gasteiger partial charge in [-0.3, -0.25) is 14.5 Å². The molecule has 0 radical (unpaired) electrons. The quantitative estimate of drug-likeness (QED) is 0.617. The molecule has 0 bridgehead atoms. The van der Waals surface area contributed by atoms with Gasteiger partial charge in [0.25, 0.3) is 0 Å². The molecule has 1 aromatic rings. The fourth-order valence-electron chi connectivity index (χ4n) is 3.10. The van der Waals surface area contributed by atoms with E-state index in [4.69, 9.17) is 0 Å². The van der Waals surface area contributed by atoms with Crippen LogP contribution in [0.4, 0.5) is 4.39 Å². The lowest BCUT2D eigenvalue weighted by molar-refractivity contribution is -0.177. The molecule has 0 aromatic heterocycles.